The molecule has 0 radical (unpaired) electrons. The van der Waals surface area contributed by atoms with E-state index in [1.807, 2.05) is 12.1 Å². The molecule has 0 N–H and O–H groups in total. The van der Waals surface area contributed by atoms with E-state index in [1.54, 1.807) is 36.4 Å². The maximum absolute atomic E-state index is 12.3. The number of hydrogen-bond donors (Lipinski definition) is 0. The first-order valence-electron chi connectivity index (χ1n) is 7.03. The first-order valence-corrected chi connectivity index (χ1v) is 7.03. The number of para-hydroxylation sites is 1. The molecule has 0 aliphatic heterocycles. The Kier molecular flexibility index (Phi) is 5.79. The molecule has 6 heteroatoms. The highest BCUT2D eigenvalue weighted by atomic mass is 16.5. The van der Waals surface area contributed by atoms with Crippen molar-refractivity contribution in [3.8, 4) is 17.9 Å². The summed E-state index contributed by atoms with van der Waals surface area (Å²) < 4.78 is 10.7. The van der Waals surface area contributed by atoms with Gasteiger partial charge in [-0.25, -0.2) is 0 Å². The van der Waals surface area contributed by atoms with E-state index < -0.39 is 0 Å². The molecule has 1 aromatic heterocycles. The molecule has 2 aromatic rings. The standard InChI is InChI=1S/C17H15N3O3/c18-8-4-9-20(12-15-6-3-10-22-15)17(21)13-23-16-7-2-1-5-14(16)11-19/h1-3,5-7,10H,4,9,12-13H2. The molecule has 116 valence electrons. The topological polar surface area (TPSA) is 90.3 Å². The van der Waals surface area contributed by atoms with Crippen molar-refractivity contribution in [2.75, 3.05) is 13.2 Å². The molecule has 0 atom stereocenters. The van der Waals surface area contributed by atoms with Crippen LogP contribution in [0.15, 0.2) is 47.1 Å². The normalized spacial score (nSPS) is 9.65. The van der Waals surface area contributed by atoms with Crippen LogP contribution in [0.25, 0.3) is 0 Å². The molecule has 23 heavy (non-hydrogen) atoms. The van der Waals surface area contributed by atoms with E-state index in [9.17, 15) is 4.79 Å². The number of ether oxygens (including phenoxy) is 1. The van der Waals surface area contributed by atoms with Gasteiger partial charge in [-0.2, -0.15) is 10.5 Å². The number of carbonyl (C=O) groups excluding carboxylic acids is 1. The van der Waals surface area contributed by atoms with Crippen molar-refractivity contribution < 1.29 is 13.9 Å². The zero-order valence-corrected chi connectivity index (χ0v) is 12.4. The van der Waals surface area contributed by atoms with E-state index >= 15 is 0 Å². The summed E-state index contributed by atoms with van der Waals surface area (Å²) in [7, 11) is 0. The average Bonchev–Trinajstić information content (AvgIpc) is 3.09. The van der Waals surface area contributed by atoms with Gasteiger partial charge in [0.15, 0.2) is 6.61 Å². The van der Waals surface area contributed by atoms with Crippen molar-refractivity contribution in [3.05, 3.63) is 54.0 Å². The maximum Gasteiger partial charge on any atom is 0.260 e. The number of amides is 1. The molecule has 2 rings (SSSR count). The number of carbonyl (C=O) groups is 1. The Morgan fingerprint density at radius 3 is 2.74 bits per heavy atom. The van der Waals surface area contributed by atoms with Crippen LogP contribution in [0.5, 0.6) is 5.75 Å². The Hall–Kier alpha value is -3.25. The Morgan fingerprint density at radius 2 is 2.04 bits per heavy atom. The van der Waals surface area contributed by atoms with Gasteiger partial charge < -0.3 is 14.1 Å². The predicted octanol–water partition coefficient (Wildman–Crippen LogP) is 2.47. The highest BCUT2D eigenvalue weighted by Gasteiger charge is 2.16. The molecule has 0 unspecified atom stereocenters. The minimum absolute atomic E-state index is 0.204. The van der Waals surface area contributed by atoms with Crippen molar-refractivity contribution in [1.82, 2.24) is 4.90 Å². The second kappa shape index (κ2) is 8.26. The minimum atomic E-state index is -0.274. The summed E-state index contributed by atoms with van der Waals surface area (Å²) in [6.07, 6.45) is 1.75. The van der Waals surface area contributed by atoms with E-state index in [0.29, 0.717) is 23.6 Å². The third-order valence-electron chi connectivity index (χ3n) is 3.13. The molecule has 0 saturated heterocycles. The molecule has 1 aromatic carbocycles. The number of nitriles is 2. The molecular formula is C17H15N3O3. The number of furan rings is 1. The molecule has 1 heterocycles. The molecule has 0 aliphatic rings. The van der Waals surface area contributed by atoms with Gasteiger partial charge in [0.05, 0.1) is 30.9 Å². The summed E-state index contributed by atoms with van der Waals surface area (Å²) in [6.45, 7) is 0.362. The molecule has 0 saturated carbocycles. The molecule has 1 amide bonds. The van der Waals surface area contributed by atoms with Gasteiger partial charge in [0.2, 0.25) is 0 Å². The molecule has 0 fully saturated rings. The average molecular weight is 309 g/mol. The van der Waals surface area contributed by atoms with Crippen LogP contribution in [-0.2, 0) is 11.3 Å². The Labute approximate surface area is 134 Å². The van der Waals surface area contributed by atoms with E-state index in [2.05, 4.69) is 0 Å². The number of nitrogens with zero attached hydrogens (tertiary/aromatic N) is 3. The largest absolute Gasteiger partial charge is 0.482 e. The van der Waals surface area contributed by atoms with Gasteiger partial charge in [-0.1, -0.05) is 12.1 Å². The van der Waals surface area contributed by atoms with Gasteiger partial charge in [-0.3, -0.25) is 4.79 Å². The van der Waals surface area contributed by atoms with Crippen molar-refractivity contribution in [1.29, 1.82) is 10.5 Å². The summed E-state index contributed by atoms with van der Waals surface area (Å²) >= 11 is 0. The third-order valence-corrected chi connectivity index (χ3v) is 3.13. The predicted molar refractivity (Wildman–Crippen MR) is 81.0 cm³/mol. The summed E-state index contributed by atoms with van der Waals surface area (Å²) in [4.78, 5) is 13.8. The van der Waals surface area contributed by atoms with Crippen LogP contribution in [0.3, 0.4) is 0 Å². The number of benzene rings is 1. The van der Waals surface area contributed by atoms with Gasteiger partial charge in [-0.15, -0.1) is 0 Å². The van der Waals surface area contributed by atoms with Crippen LogP contribution in [0.2, 0.25) is 0 Å². The lowest BCUT2D eigenvalue weighted by Gasteiger charge is -2.20. The highest BCUT2D eigenvalue weighted by Crippen LogP contribution is 2.16. The first-order chi connectivity index (χ1) is 11.2. The summed E-state index contributed by atoms with van der Waals surface area (Å²) in [5.41, 5.74) is 0.370. The summed E-state index contributed by atoms with van der Waals surface area (Å²) in [6, 6.07) is 14.2. The van der Waals surface area contributed by atoms with Crippen molar-refractivity contribution in [2.45, 2.75) is 13.0 Å². The fourth-order valence-electron chi connectivity index (χ4n) is 1.98. The Bertz CT molecular complexity index is 726. The number of hydrogen-bond acceptors (Lipinski definition) is 5. The van der Waals surface area contributed by atoms with Crippen LogP contribution in [-0.4, -0.2) is 24.0 Å². The van der Waals surface area contributed by atoms with Gasteiger partial charge in [0.1, 0.15) is 17.6 Å². The van der Waals surface area contributed by atoms with E-state index in [4.69, 9.17) is 19.7 Å². The molecule has 0 bridgehead atoms. The highest BCUT2D eigenvalue weighted by molar-refractivity contribution is 5.77. The van der Waals surface area contributed by atoms with Crippen LogP contribution in [0, 0.1) is 22.7 Å². The summed E-state index contributed by atoms with van der Waals surface area (Å²) in [5, 5.41) is 17.7. The van der Waals surface area contributed by atoms with E-state index in [-0.39, 0.29) is 25.5 Å². The van der Waals surface area contributed by atoms with E-state index in [0.717, 1.165) is 0 Å². The zero-order chi connectivity index (χ0) is 16.5. The van der Waals surface area contributed by atoms with Crippen molar-refractivity contribution in [2.24, 2.45) is 0 Å². The van der Waals surface area contributed by atoms with Crippen molar-refractivity contribution in [3.63, 3.8) is 0 Å². The first kappa shape index (κ1) is 16.1. The Balaban J connectivity index is 1.99. The minimum Gasteiger partial charge on any atom is -0.482 e. The lowest BCUT2D eigenvalue weighted by Crippen LogP contribution is -2.35. The maximum atomic E-state index is 12.3. The molecular weight excluding hydrogens is 294 g/mol. The fraction of sp³-hybridized carbons (Fsp3) is 0.235. The van der Waals surface area contributed by atoms with Crippen LogP contribution < -0.4 is 4.74 Å². The quantitative estimate of drug-likeness (QED) is 0.783. The van der Waals surface area contributed by atoms with Gasteiger partial charge in [-0.05, 0) is 24.3 Å². The SMILES string of the molecule is N#CCCN(Cc1ccco1)C(=O)COc1ccccc1C#N. The van der Waals surface area contributed by atoms with Crippen LogP contribution in [0.4, 0.5) is 0 Å². The Morgan fingerprint density at radius 1 is 1.22 bits per heavy atom. The molecule has 6 nitrogen and oxygen atoms in total. The lowest BCUT2D eigenvalue weighted by molar-refractivity contribution is -0.134. The molecule has 0 aliphatic carbocycles. The third kappa shape index (κ3) is 4.62. The second-order valence-electron chi connectivity index (χ2n) is 4.70. The lowest BCUT2D eigenvalue weighted by atomic mass is 10.2. The number of rotatable bonds is 7. The van der Waals surface area contributed by atoms with Crippen molar-refractivity contribution >= 4 is 5.91 Å². The summed E-state index contributed by atoms with van der Waals surface area (Å²) in [5.74, 6) is 0.722. The van der Waals surface area contributed by atoms with Crippen LogP contribution >= 0.6 is 0 Å². The van der Waals surface area contributed by atoms with E-state index in [1.165, 1.54) is 11.2 Å². The smallest absolute Gasteiger partial charge is 0.260 e. The van der Waals surface area contributed by atoms with Gasteiger partial charge >= 0.3 is 0 Å². The monoisotopic (exact) mass is 309 g/mol. The fourth-order valence-corrected chi connectivity index (χ4v) is 1.98. The van der Waals surface area contributed by atoms with Gasteiger partial charge in [0.25, 0.3) is 5.91 Å². The molecule has 0 spiro atoms. The van der Waals surface area contributed by atoms with Gasteiger partial charge in [0, 0.05) is 6.54 Å². The van der Waals surface area contributed by atoms with Crippen LogP contribution in [0.1, 0.15) is 17.7 Å². The zero-order valence-electron chi connectivity index (χ0n) is 12.4. The second-order valence-corrected chi connectivity index (χ2v) is 4.70.